The second-order valence-electron chi connectivity index (χ2n) is 9.13. The lowest BCUT2D eigenvalue weighted by Crippen LogP contribution is -2.46. The maximum atomic E-state index is 14.7. The Balaban J connectivity index is 1.46. The Morgan fingerprint density at radius 1 is 1.00 bits per heavy atom. The molecule has 4 atom stereocenters. The van der Waals surface area contributed by atoms with Gasteiger partial charge in [0.1, 0.15) is 17.6 Å². The number of halogens is 2. The van der Waals surface area contributed by atoms with Gasteiger partial charge in [-0.15, -0.1) is 0 Å². The lowest BCUT2D eigenvalue weighted by atomic mass is 9.84. The molecule has 0 spiro atoms. The molecule has 3 aliphatic heterocycles. The summed E-state index contributed by atoms with van der Waals surface area (Å²) in [6.45, 7) is 0. The van der Waals surface area contributed by atoms with Gasteiger partial charge in [-0.3, -0.25) is 14.4 Å². The minimum Gasteiger partial charge on any atom is -0.495 e. The van der Waals surface area contributed by atoms with Gasteiger partial charge in [0.2, 0.25) is 17.7 Å². The molecule has 3 aromatic rings. The maximum absolute atomic E-state index is 14.7. The van der Waals surface area contributed by atoms with Crippen LogP contribution in [0, 0.1) is 17.7 Å². The van der Waals surface area contributed by atoms with E-state index >= 15 is 0 Å². The van der Waals surface area contributed by atoms with E-state index in [0.29, 0.717) is 16.5 Å². The summed E-state index contributed by atoms with van der Waals surface area (Å²) in [5, 5.41) is 3.23. The molecule has 6 rings (SSSR count). The second-order valence-corrected chi connectivity index (χ2v) is 9.57. The molecule has 2 saturated heterocycles. The third-order valence-corrected chi connectivity index (χ3v) is 7.48. The van der Waals surface area contributed by atoms with Gasteiger partial charge in [0.05, 0.1) is 36.4 Å². The number of hydrogen-bond acceptors (Lipinski definition) is 5. The summed E-state index contributed by atoms with van der Waals surface area (Å²) in [6, 6.07) is 16.4. The van der Waals surface area contributed by atoms with Crippen LogP contribution >= 0.6 is 11.6 Å². The number of fused-ring (bicyclic) bond motifs is 5. The van der Waals surface area contributed by atoms with Crippen molar-refractivity contribution in [1.29, 1.82) is 0 Å². The molecule has 0 unspecified atom stereocenters. The van der Waals surface area contributed by atoms with E-state index in [1.807, 2.05) is 30.3 Å². The molecule has 2 fully saturated rings. The van der Waals surface area contributed by atoms with Crippen molar-refractivity contribution in [3.63, 3.8) is 0 Å². The van der Waals surface area contributed by atoms with Crippen molar-refractivity contribution in [2.75, 3.05) is 17.3 Å². The third-order valence-electron chi connectivity index (χ3n) is 7.24. The first-order chi connectivity index (χ1) is 17.9. The highest BCUT2D eigenvalue weighted by atomic mass is 35.5. The van der Waals surface area contributed by atoms with Gasteiger partial charge in [0, 0.05) is 11.2 Å². The zero-order chi connectivity index (χ0) is 25.8. The van der Waals surface area contributed by atoms with Crippen LogP contribution in [-0.4, -0.2) is 35.8 Å². The fourth-order valence-corrected chi connectivity index (χ4v) is 5.88. The van der Waals surface area contributed by atoms with Crippen LogP contribution in [0.3, 0.4) is 0 Å². The number of carbonyl (C=O) groups is 3. The van der Waals surface area contributed by atoms with Crippen LogP contribution in [0.15, 0.2) is 72.9 Å². The summed E-state index contributed by atoms with van der Waals surface area (Å²) in [5.41, 5.74) is 1.94. The highest BCUT2D eigenvalue weighted by molar-refractivity contribution is 6.31. The lowest BCUT2D eigenvalue weighted by molar-refractivity contribution is -0.128. The van der Waals surface area contributed by atoms with Crippen molar-refractivity contribution in [2.45, 2.75) is 12.1 Å². The molecule has 1 N–H and O–H groups in total. The molecule has 0 aromatic heterocycles. The minimum absolute atomic E-state index is 0.117. The van der Waals surface area contributed by atoms with E-state index < -0.39 is 47.5 Å². The molecule has 37 heavy (non-hydrogen) atoms. The molecular weight excluding hydrogens is 497 g/mol. The smallest absolute Gasteiger partial charge is 0.248 e. The van der Waals surface area contributed by atoms with Crippen LogP contribution in [0.25, 0.3) is 6.08 Å². The van der Waals surface area contributed by atoms with Gasteiger partial charge < -0.3 is 15.0 Å². The van der Waals surface area contributed by atoms with Crippen LogP contribution in [0.4, 0.5) is 15.8 Å². The Morgan fingerprint density at radius 2 is 1.73 bits per heavy atom. The SMILES string of the molecule is COc1ccc(Cl)cc1NC(=O)[C@@H]1[C@@H]2C(=O)N(c3ccccc3F)C(=O)[C@@H]2[C@@H]2c3ccccc3C=CN12. The summed E-state index contributed by atoms with van der Waals surface area (Å²) in [4.78, 5) is 44.1. The summed E-state index contributed by atoms with van der Waals surface area (Å²) >= 11 is 6.15. The van der Waals surface area contributed by atoms with Crippen molar-refractivity contribution in [2.24, 2.45) is 11.8 Å². The topological polar surface area (TPSA) is 79.0 Å². The number of methoxy groups -OCH3 is 1. The molecule has 3 heterocycles. The van der Waals surface area contributed by atoms with E-state index in [1.54, 1.807) is 35.4 Å². The molecule has 3 amide bonds. The molecular formula is C28H21ClFN3O4. The van der Waals surface area contributed by atoms with E-state index in [4.69, 9.17) is 16.3 Å². The molecule has 0 radical (unpaired) electrons. The molecule has 186 valence electrons. The van der Waals surface area contributed by atoms with Crippen LogP contribution in [0.1, 0.15) is 17.2 Å². The number of benzene rings is 3. The monoisotopic (exact) mass is 517 g/mol. The number of nitrogens with zero attached hydrogens (tertiary/aromatic N) is 2. The molecule has 0 saturated carbocycles. The van der Waals surface area contributed by atoms with Gasteiger partial charge in [0.25, 0.3) is 0 Å². The number of carbonyl (C=O) groups excluding carboxylic acids is 3. The highest BCUT2D eigenvalue weighted by Gasteiger charge is 2.64. The Labute approximate surface area is 217 Å². The predicted octanol–water partition coefficient (Wildman–Crippen LogP) is 4.64. The first kappa shape index (κ1) is 23.2. The van der Waals surface area contributed by atoms with Crippen molar-refractivity contribution in [1.82, 2.24) is 4.90 Å². The lowest BCUT2D eigenvalue weighted by Gasteiger charge is -2.35. The van der Waals surface area contributed by atoms with E-state index in [0.717, 1.165) is 16.0 Å². The first-order valence-electron chi connectivity index (χ1n) is 11.7. The number of nitrogens with one attached hydrogen (secondary N) is 1. The average Bonchev–Trinajstić information content (AvgIpc) is 3.37. The third kappa shape index (κ3) is 3.51. The molecule has 0 aliphatic carbocycles. The Bertz CT molecular complexity index is 1490. The van der Waals surface area contributed by atoms with Gasteiger partial charge in [-0.25, -0.2) is 9.29 Å². The number of anilines is 2. The summed E-state index contributed by atoms with van der Waals surface area (Å²) in [6.07, 6.45) is 3.61. The van der Waals surface area contributed by atoms with Crippen LogP contribution in [-0.2, 0) is 14.4 Å². The van der Waals surface area contributed by atoms with Gasteiger partial charge >= 0.3 is 0 Å². The van der Waals surface area contributed by atoms with Gasteiger partial charge in [-0.1, -0.05) is 48.0 Å². The molecule has 0 bridgehead atoms. The number of para-hydroxylation sites is 1. The zero-order valence-electron chi connectivity index (χ0n) is 19.6. The first-order valence-corrected chi connectivity index (χ1v) is 12.1. The second kappa shape index (κ2) is 8.74. The summed E-state index contributed by atoms with van der Waals surface area (Å²) in [7, 11) is 1.47. The highest BCUT2D eigenvalue weighted by Crippen LogP contribution is 2.53. The number of hydrogen-bond donors (Lipinski definition) is 1. The fraction of sp³-hybridized carbons (Fsp3) is 0.179. The maximum Gasteiger partial charge on any atom is 0.248 e. The Kier molecular flexibility index (Phi) is 5.49. The summed E-state index contributed by atoms with van der Waals surface area (Å²) < 4.78 is 20.1. The van der Waals surface area contributed by atoms with E-state index in [9.17, 15) is 18.8 Å². The molecule has 9 heteroatoms. The van der Waals surface area contributed by atoms with E-state index in [2.05, 4.69) is 5.32 Å². The molecule has 3 aliphatic rings. The number of imide groups is 1. The average molecular weight is 518 g/mol. The number of ether oxygens (including phenoxy) is 1. The summed E-state index contributed by atoms with van der Waals surface area (Å²) in [5.74, 6) is -3.85. The van der Waals surface area contributed by atoms with E-state index in [-0.39, 0.29) is 5.69 Å². The quantitative estimate of drug-likeness (QED) is 0.510. The number of amides is 3. The largest absolute Gasteiger partial charge is 0.495 e. The van der Waals surface area contributed by atoms with Crippen molar-refractivity contribution in [3.05, 3.63) is 94.9 Å². The Morgan fingerprint density at radius 3 is 2.51 bits per heavy atom. The van der Waals surface area contributed by atoms with Gasteiger partial charge in [-0.05, 0) is 47.5 Å². The Hall–Kier alpha value is -4.17. The fourth-order valence-electron chi connectivity index (χ4n) is 5.71. The van der Waals surface area contributed by atoms with E-state index in [1.165, 1.54) is 25.3 Å². The molecule has 3 aromatic carbocycles. The van der Waals surface area contributed by atoms with Gasteiger partial charge in [0.15, 0.2) is 0 Å². The van der Waals surface area contributed by atoms with Crippen molar-refractivity contribution < 1.29 is 23.5 Å². The zero-order valence-corrected chi connectivity index (χ0v) is 20.4. The van der Waals surface area contributed by atoms with Gasteiger partial charge in [-0.2, -0.15) is 0 Å². The predicted molar refractivity (Wildman–Crippen MR) is 136 cm³/mol. The van der Waals surface area contributed by atoms with Crippen LogP contribution in [0.5, 0.6) is 5.75 Å². The van der Waals surface area contributed by atoms with Crippen LogP contribution in [0.2, 0.25) is 5.02 Å². The van der Waals surface area contributed by atoms with Crippen LogP contribution < -0.4 is 15.0 Å². The van der Waals surface area contributed by atoms with Crippen molar-refractivity contribution >= 4 is 46.8 Å². The normalized spacial score (nSPS) is 23.5. The van der Waals surface area contributed by atoms with Crippen molar-refractivity contribution in [3.8, 4) is 5.75 Å². The standard InChI is InChI=1S/C28H21ClFN3O4/c1-37-21-11-10-16(29)14-19(21)31-26(34)25-23-22(24-17-7-3-2-6-15(17)12-13-32(24)25)27(35)33(28(23)36)20-9-5-4-8-18(20)30/h2-14,22-25H,1H3,(H,31,34)/t22-,23+,24-,25-/m0/s1. The number of rotatable bonds is 4. The molecule has 7 nitrogen and oxygen atoms in total. The minimum atomic E-state index is -1.03.